The fourth-order valence-electron chi connectivity index (χ4n) is 3.71. The quantitative estimate of drug-likeness (QED) is 0.331. The van der Waals surface area contributed by atoms with Gasteiger partial charge in [-0.25, -0.2) is 18.2 Å². The molecule has 0 aliphatic heterocycles. The molecule has 3 N–H and O–H groups in total. The zero-order valence-corrected chi connectivity index (χ0v) is 20.6. The lowest BCUT2D eigenvalue weighted by Gasteiger charge is -2.13. The summed E-state index contributed by atoms with van der Waals surface area (Å²) in [6.07, 6.45) is 1.08. The topological polar surface area (TPSA) is 121 Å². The van der Waals surface area contributed by atoms with Gasteiger partial charge in [-0.3, -0.25) is 4.72 Å². The summed E-state index contributed by atoms with van der Waals surface area (Å²) >= 11 is 0. The molecule has 1 heterocycles. The first-order valence-electron chi connectivity index (χ1n) is 11.0. The van der Waals surface area contributed by atoms with Crippen molar-refractivity contribution >= 4 is 21.7 Å². The van der Waals surface area contributed by atoms with E-state index in [-0.39, 0.29) is 5.88 Å². The first-order chi connectivity index (χ1) is 17.3. The van der Waals surface area contributed by atoms with Crippen LogP contribution in [-0.2, 0) is 21.3 Å². The maximum Gasteiger partial charge on any atom is 0.338 e. The third-order valence-electron chi connectivity index (χ3n) is 5.26. The molecule has 36 heavy (non-hydrogen) atoms. The summed E-state index contributed by atoms with van der Waals surface area (Å²) in [5.41, 5.74) is 10.2. The highest BCUT2D eigenvalue weighted by atomic mass is 32.2. The van der Waals surface area contributed by atoms with Crippen LogP contribution in [0.5, 0.6) is 11.6 Å². The molecule has 9 heteroatoms. The standard InChI is InChI=1S/C27H25N3O5S/c1-34-27(31)24-10-4-3-9-23(24)25-11-6-12-26(29-25)35-22-15-20(14-21(16-22)30-36(2,32)33)19-8-5-7-18(13-19)17-28/h3-16,30H,17,28H2,1-2H3. The van der Waals surface area contributed by atoms with E-state index in [1.54, 1.807) is 60.7 Å². The van der Waals surface area contributed by atoms with Crippen molar-refractivity contribution in [2.75, 3.05) is 18.1 Å². The van der Waals surface area contributed by atoms with Gasteiger partial charge in [0.2, 0.25) is 15.9 Å². The third-order valence-corrected chi connectivity index (χ3v) is 5.87. The highest BCUT2D eigenvalue weighted by molar-refractivity contribution is 7.92. The van der Waals surface area contributed by atoms with Crippen LogP contribution in [0.4, 0.5) is 5.69 Å². The summed E-state index contributed by atoms with van der Waals surface area (Å²) in [7, 11) is -2.20. The molecule has 1 aromatic heterocycles. The number of nitrogens with two attached hydrogens (primary N) is 1. The van der Waals surface area contributed by atoms with E-state index in [0.717, 1.165) is 22.9 Å². The SMILES string of the molecule is COC(=O)c1ccccc1-c1cccc(Oc2cc(NS(C)(=O)=O)cc(-c3cccc(CN)c3)c2)n1. The summed E-state index contributed by atoms with van der Waals surface area (Å²) in [4.78, 5) is 16.8. The molecule has 0 amide bonds. The number of carbonyl (C=O) groups is 1. The number of hydrogen-bond donors (Lipinski definition) is 2. The van der Waals surface area contributed by atoms with E-state index in [0.29, 0.717) is 34.8 Å². The van der Waals surface area contributed by atoms with Crippen LogP contribution < -0.4 is 15.2 Å². The Morgan fingerprint density at radius 1 is 0.944 bits per heavy atom. The van der Waals surface area contributed by atoms with Crippen molar-refractivity contribution < 1.29 is 22.7 Å². The molecule has 4 rings (SSSR count). The molecule has 0 radical (unpaired) electrons. The fraction of sp³-hybridized carbons (Fsp3) is 0.111. The minimum absolute atomic E-state index is 0.269. The molecule has 0 fully saturated rings. The number of aromatic nitrogens is 1. The van der Waals surface area contributed by atoms with Gasteiger partial charge < -0.3 is 15.2 Å². The number of pyridine rings is 1. The number of benzene rings is 3. The van der Waals surface area contributed by atoms with Gasteiger partial charge >= 0.3 is 5.97 Å². The van der Waals surface area contributed by atoms with Crippen LogP contribution >= 0.6 is 0 Å². The molecule has 0 atom stereocenters. The first-order valence-corrected chi connectivity index (χ1v) is 12.9. The molecule has 0 aliphatic rings. The minimum Gasteiger partial charge on any atom is -0.465 e. The lowest BCUT2D eigenvalue weighted by atomic mass is 10.0. The zero-order valence-electron chi connectivity index (χ0n) is 19.8. The van der Waals surface area contributed by atoms with E-state index < -0.39 is 16.0 Å². The second kappa shape index (κ2) is 10.6. The Labute approximate surface area is 209 Å². The summed E-state index contributed by atoms with van der Waals surface area (Å²) in [5, 5.41) is 0. The van der Waals surface area contributed by atoms with Crippen molar-refractivity contribution in [2.45, 2.75) is 6.54 Å². The zero-order chi connectivity index (χ0) is 25.7. The maximum absolute atomic E-state index is 12.2. The maximum atomic E-state index is 12.2. The number of methoxy groups -OCH3 is 1. The molecular weight excluding hydrogens is 478 g/mol. The molecule has 3 aromatic carbocycles. The van der Waals surface area contributed by atoms with E-state index in [4.69, 9.17) is 15.2 Å². The summed E-state index contributed by atoms with van der Waals surface area (Å²) in [5.74, 6) is 0.177. The van der Waals surface area contributed by atoms with Crippen molar-refractivity contribution in [1.82, 2.24) is 4.98 Å². The Balaban J connectivity index is 1.74. The van der Waals surface area contributed by atoms with Crippen molar-refractivity contribution in [3.63, 3.8) is 0 Å². The van der Waals surface area contributed by atoms with E-state index in [1.165, 1.54) is 7.11 Å². The van der Waals surface area contributed by atoms with Gasteiger partial charge in [-0.2, -0.15) is 0 Å². The van der Waals surface area contributed by atoms with Crippen LogP contribution in [0.2, 0.25) is 0 Å². The predicted molar refractivity (Wildman–Crippen MR) is 139 cm³/mol. The molecule has 0 unspecified atom stereocenters. The molecule has 0 aliphatic carbocycles. The van der Waals surface area contributed by atoms with Crippen molar-refractivity contribution in [3.05, 3.63) is 96.1 Å². The van der Waals surface area contributed by atoms with Crippen LogP contribution in [0.15, 0.2) is 84.9 Å². The molecule has 4 aromatic rings. The Kier molecular flexibility index (Phi) is 7.33. The second-order valence-corrected chi connectivity index (χ2v) is 9.77. The van der Waals surface area contributed by atoms with Gasteiger partial charge in [-0.1, -0.05) is 42.5 Å². The lowest BCUT2D eigenvalue weighted by molar-refractivity contribution is 0.0601. The van der Waals surface area contributed by atoms with E-state index >= 15 is 0 Å². The Hall–Kier alpha value is -4.21. The van der Waals surface area contributed by atoms with Gasteiger partial charge in [-0.05, 0) is 47.0 Å². The number of nitrogens with zero attached hydrogens (tertiary/aromatic N) is 1. The van der Waals surface area contributed by atoms with Gasteiger partial charge in [0.05, 0.1) is 30.3 Å². The van der Waals surface area contributed by atoms with E-state index in [1.807, 2.05) is 24.3 Å². The average molecular weight is 504 g/mol. The van der Waals surface area contributed by atoms with E-state index in [2.05, 4.69) is 9.71 Å². The Morgan fingerprint density at radius 3 is 2.47 bits per heavy atom. The molecule has 8 nitrogen and oxygen atoms in total. The summed E-state index contributed by atoms with van der Waals surface area (Å²) in [6.45, 7) is 0.377. The minimum atomic E-state index is -3.52. The fourth-order valence-corrected chi connectivity index (χ4v) is 4.26. The van der Waals surface area contributed by atoms with Crippen molar-refractivity contribution in [1.29, 1.82) is 0 Å². The monoisotopic (exact) mass is 503 g/mol. The van der Waals surface area contributed by atoms with Gasteiger partial charge in [0.15, 0.2) is 0 Å². The van der Waals surface area contributed by atoms with Crippen LogP contribution in [0.1, 0.15) is 15.9 Å². The number of ether oxygens (including phenoxy) is 2. The van der Waals surface area contributed by atoms with E-state index in [9.17, 15) is 13.2 Å². The van der Waals surface area contributed by atoms with Crippen LogP contribution in [0.3, 0.4) is 0 Å². The Bertz CT molecular complexity index is 1520. The third kappa shape index (κ3) is 6.07. The highest BCUT2D eigenvalue weighted by Crippen LogP contribution is 2.33. The average Bonchev–Trinajstić information content (AvgIpc) is 2.87. The van der Waals surface area contributed by atoms with Gasteiger partial charge in [-0.15, -0.1) is 0 Å². The molecular formula is C27H25N3O5S. The number of esters is 1. The van der Waals surface area contributed by atoms with Crippen LogP contribution in [-0.4, -0.2) is 32.7 Å². The van der Waals surface area contributed by atoms with Gasteiger partial charge in [0, 0.05) is 24.2 Å². The van der Waals surface area contributed by atoms with Crippen LogP contribution in [0.25, 0.3) is 22.4 Å². The van der Waals surface area contributed by atoms with Crippen molar-refractivity contribution in [2.24, 2.45) is 5.73 Å². The van der Waals surface area contributed by atoms with Gasteiger partial charge in [0.1, 0.15) is 5.75 Å². The number of carbonyl (C=O) groups excluding carboxylic acids is 1. The Morgan fingerprint density at radius 2 is 1.72 bits per heavy atom. The summed E-state index contributed by atoms with van der Waals surface area (Å²) < 4.78 is 37.3. The molecule has 0 saturated carbocycles. The highest BCUT2D eigenvalue weighted by Gasteiger charge is 2.15. The smallest absolute Gasteiger partial charge is 0.338 e. The number of anilines is 1. The van der Waals surface area contributed by atoms with Crippen LogP contribution in [0, 0.1) is 0 Å². The molecule has 184 valence electrons. The second-order valence-electron chi connectivity index (χ2n) is 8.03. The normalized spacial score (nSPS) is 11.1. The number of nitrogens with one attached hydrogen (secondary N) is 1. The first kappa shape index (κ1) is 24.9. The van der Waals surface area contributed by atoms with Gasteiger partial charge in [0.25, 0.3) is 0 Å². The summed E-state index contributed by atoms with van der Waals surface area (Å²) in [6, 6.07) is 24.9. The predicted octanol–water partition coefficient (Wildman–Crippen LogP) is 4.82. The number of sulfonamides is 1. The molecule has 0 bridgehead atoms. The molecule has 0 saturated heterocycles. The number of rotatable bonds is 8. The van der Waals surface area contributed by atoms with Crippen molar-refractivity contribution in [3.8, 4) is 34.0 Å². The largest absolute Gasteiger partial charge is 0.465 e. The number of hydrogen-bond acceptors (Lipinski definition) is 7. The lowest BCUT2D eigenvalue weighted by Crippen LogP contribution is -2.09. The molecule has 0 spiro atoms.